The lowest BCUT2D eigenvalue weighted by molar-refractivity contribution is 0.0949. The molecule has 2 heterocycles. The molecule has 0 saturated carbocycles. The summed E-state index contributed by atoms with van der Waals surface area (Å²) < 4.78 is 15.1. The molecule has 1 saturated heterocycles. The van der Waals surface area contributed by atoms with Crippen molar-refractivity contribution >= 4 is 11.6 Å². The monoisotopic (exact) mass is 435 g/mol. The van der Waals surface area contributed by atoms with Gasteiger partial charge in [-0.1, -0.05) is 32.0 Å². The van der Waals surface area contributed by atoms with Gasteiger partial charge < -0.3 is 15.1 Å². The van der Waals surface area contributed by atoms with Crippen LogP contribution in [-0.4, -0.2) is 53.8 Å². The summed E-state index contributed by atoms with van der Waals surface area (Å²) in [4.78, 5) is 17.8. The zero-order valence-corrected chi connectivity index (χ0v) is 18.9. The van der Waals surface area contributed by atoms with Crippen molar-refractivity contribution in [2.75, 3.05) is 38.1 Å². The molecule has 1 amide bonds. The second kappa shape index (κ2) is 9.53. The summed E-state index contributed by atoms with van der Waals surface area (Å²) in [6.07, 6.45) is 1.60. The van der Waals surface area contributed by atoms with Crippen molar-refractivity contribution in [2.24, 2.45) is 0 Å². The predicted molar refractivity (Wildman–Crippen MR) is 125 cm³/mol. The average molecular weight is 436 g/mol. The summed E-state index contributed by atoms with van der Waals surface area (Å²) >= 11 is 0. The van der Waals surface area contributed by atoms with Gasteiger partial charge in [0.15, 0.2) is 0 Å². The van der Waals surface area contributed by atoms with Gasteiger partial charge in [0.2, 0.25) is 0 Å². The SMILES string of the molecule is CC(C)c1c(C(=O)NCc2ccccc2N2CCN(C)CC2)cnn1-c1ccc(F)cc1. The predicted octanol–water partition coefficient (Wildman–Crippen LogP) is 3.82. The van der Waals surface area contributed by atoms with E-state index < -0.39 is 0 Å². The zero-order chi connectivity index (χ0) is 22.7. The zero-order valence-electron chi connectivity index (χ0n) is 18.9. The molecule has 2 aromatic carbocycles. The third-order valence-corrected chi connectivity index (χ3v) is 5.94. The lowest BCUT2D eigenvalue weighted by Crippen LogP contribution is -2.45. The van der Waals surface area contributed by atoms with E-state index in [0.29, 0.717) is 12.1 Å². The smallest absolute Gasteiger partial charge is 0.255 e. The highest BCUT2D eigenvalue weighted by molar-refractivity contribution is 5.95. The van der Waals surface area contributed by atoms with Crippen molar-refractivity contribution in [1.82, 2.24) is 20.0 Å². The largest absolute Gasteiger partial charge is 0.369 e. The fraction of sp³-hybridized carbons (Fsp3) is 0.360. The molecular formula is C25H30FN5O. The highest BCUT2D eigenvalue weighted by Gasteiger charge is 2.22. The molecule has 4 rings (SSSR count). The number of carbonyl (C=O) groups excluding carboxylic acids is 1. The number of amides is 1. The minimum atomic E-state index is -0.302. The number of aromatic nitrogens is 2. The van der Waals surface area contributed by atoms with Gasteiger partial charge in [0.1, 0.15) is 5.82 Å². The summed E-state index contributed by atoms with van der Waals surface area (Å²) in [6.45, 7) is 8.50. The molecule has 32 heavy (non-hydrogen) atoms. The molecule has 7 heteroatoms. The van der Waals surface area contributed by atoms with Crippen molar-refractivity contribution in [2.45, 2.75) is 26.3 Å². The first-order valence-corrected chi connectivity index (χ1v) is 11.1. The van der Waals surface area contributed by atoms with Crippen molar-refractivity contribution < 1.29 is 9.18 Å². The van der Waals surface area contributed by atoms with Gasteiger partial charge >= 0.3 is 0 Å². The first kappa shape index (κ1) is 22.0. The summed E-state index contributed by atoms with van der Waals surface area (Å²) in [5.41, 5.74) is 4.35. The number of halogens is 1. The Bertz CT molecular complexity index is 1070. The van der Waals surface area contributed by atoms with Crippen LogP contribution in [-0.2, 0) is 6.54 Å². The van der Waals surface area contributed by atoms with Crippen LogP contribution in [0.4, 0.5) is 10.1 Å². The van der Waals surface area contributed by atoms with E-state index in [-0.39, 0.29) is 17.6 Å². The second-order valence-electron chi connectivity index (χ2n) is 8.59. The molecular weight excluding hydrogens is 405 g/mol. The van der Waals surface area contributed by atoms with E-state index >= 15 is 0 Å². The molecule has 0 bridgehead atoms. The van der Waals surface area contributed by atoms with Crippen molar-refractivity contribution in [1.29, 1.82) is 0 Å². The number of piperazine rings is 1. The maximum absolute atomic E-state index is 13.3. The Hall–Kier alpha value is -3.19. The molecule has 168 valence electrons. The van der Waals surface area contributed by atoms with Crippen LogP contribution in [0, 0.1) is 5.82 Å². The summed E-state index contributed by atoms with van der Waals surface area (Å²) in [6, 6.07) is 14.4. The van der Waals surface area contributed by atoms with Gasteiger partial charge in [0.25, 0.3) is 5.91 Å². The van der Waals surface area contributed by atoms with E-state index in [1.807, 2.05) is 26.0 Å². The Morgan fingerprint density at radius 1 is 1.06 bits per heavy atom. The summed E-state index contributed by atoms with van der Waals surface area (Å²) in [5, 5.41) is 7.52. The molecule has 1 N–H and O–H groups in total. The molecule has 0 unspecified atom stereocenters. The third-order valence-electron chi connectivity index (χ3n) is 5.94. The number of nitrogens with zero attached hydrogens (tertiary/aromatic N) is 4. The fourth-order valence-electron chi connectivity index (χ4n) is 4.16. The van der Waals surface area contributed by atoms with E-state index in [9.17, 15) is 9.18 Å². The molecule has 0 spiro atoms. The van der Waals surface area contributed by atoms with Gasteiger partial charge in [-0.3, -0.25) is 4.79 Å². The van der Waals surface area contributed by atoms with Crippen molar-refractivity contribution in [3.8, 4) is 5.69 Å². The Morgan fingerprint density at radius 3 is 2.44 bits per heavy atom. The van der Waals surface area contributed by atoms with E-state index in [4.69, 9.17) is 0 Å². The molecule has 0 atom stereocenters. The van der Waals surface area contributed by atoms with E-state index in [1.54, 1.807) is 23.0 Å². The highest BCUT2D eigenvalue weighted by atomic mass is 19.1. The van der Waals surface area contributed by atoms with E-state index in [2.05, 4.69) is 39.4 Å². The lowest BCUT2D eigenvalue weighted by atomic mass is 10.0. The van der Waals surface area contributed by atoms with Crippen LogP contribution in [0.5, 0.6) is 0 Å². The number of hydrogen-bond donors (Lipinski definition) is 1. The lowest BCUT2D eigenvalue weighted by Gasteiger charge is -2.35. The Morgan fingerprint density at radius 2 is 1.75 bits per heavy atom. The average Bonchev–Trinajstić information content (AvgIpc) is 3.24. The maximum Gasteiger partial charge on any atom is 0.255 e. The number of anilines is 1. The van der Waals surface area contributed by atoms with Gasteiger partial charge in [0.05, 0.1) is 23.1 Å². The van der Waals surface area contributed by atoms with Gasteiger partial charge in [-0.15, -0.1) is 0 Å². The number of carbonyl (C=O) groups is 1. The van der Waals surface area contributed by atoms with Crippen LogP contribution >= 0.6 is 0 Å². The second-order valence-corrected chi connectivity index (χ2v) is 8.59. The first-order chi connectivity index (χ1) is 15.4. The van der Waals surface area contributed by atoms with E-state index in [0.717, 1.165) is 43.1 Å². The van der Waals surface area contributed by atoms with Gasteiger partial charge in [0, 0.05) is 38.4 Å². The molecule has 1 aliphatic rings. The van der Waals surface area contributed by atoms with Gasteiger partial charge in [-0.25, -0.2) is 9.07 Å². The van der Waals surface area contributed by atoms with Gasteiger partial charge in [-0.05, 0) is 48.9 Å². The maximum atomic E-state index is 13.3. The van der Waals surface area contributed by atoms with Crippen LogP contribution in [0.25, 0.3) is 5.69 Å². The number of likely N-dealkylation sites (N-methyl/N-ethyl adjacent to an activating group) is 1. The number of nitrogens with one attached hydrogen (secondary N) is 1. The molecule has 0 aliphatic carbocycles. The fourth-order valence-corrected chi connectivity index (χ4v) is 4.16. The van der Waals surface area contributed by atoms with Gasteiger partial charge in [-0.2, -0.15) is 5.10 Å². The summed E-state index contributed by atoms with van der Waals surface area (Å²) in [7, 11) is 2.14. The normalized spacial score (nSPS) is 14.7. The Kier molecular flexibility index (Phi) is 6.55. The molecule has 1 fully saturated rings. The molecule has 3 aromatic rings. The summed E-state index contributed by atoms with van der Waals surface area (Å²) in [5.74, 6) is -0.389. The molecule has 1 aliphatic heterocycles. The molecule has 1 aromatic heterocycles. The van der Waals surface area contributed by atoms with Crippen molar-refractivity contribution in [3.05, 3.63) is 77.4 Å². The minimum absolute atomic E-state index is 0.0703. The molecule has 0 radical (unpaired) electrons. The number of rotatable bonds is 6. The molecule has 6 nitrogen and oxygen atoms in total. The first-order valence-electron chi connectivity index (χ1n) is 11.1. The standard InChI is InChI=1S/C25H30FN5O/c1-18(2)24-22(17-28-31(24)21-10-8-20(26)9-11-21)25(32)27-16-19-6-4-5-7-23(19)30-14-12-29(3)13-15-30/h4-11,17-18H,12-16H2,1-3H3,(H,27,32). The highest BCUT2D eigenvalue weighted by Crippen LogP contribution is 2.25. The van der Waals surface area contributed by atoms with Crippen LogP contribution < -0.4 is 10.2 Å². The Labute approximate surface area is 188 Å². The van der Waals surface area contributed by atoms with Crippen LogP contribution in [0.1, 0.15) is 41.4 Å². The third kappa shape index (κ3) is 4.67. The van der Waals surface area contributed by atoms with E-state index in [1.165, 1.54) is 17.8 Å². The minimum Gasteiger partial charge on any atom is -0.369 e. The number of benzene rings is 2. The van der Waals surface area contributed by atoms with Crippen LogP contribution in [0.3, 0.4) is 0 Å². The Balaban J connectivity index is 1.53. The topological polar surface area (TPSA) is 53.4 Å². The number of hydrogen-bond acceptors (Lipinski definition) is 4. The quantitative estimate of drug-likeness (QED) is 0.640. The van der Waals surface area contributed by atoms with Crippen LogP contribution in [0.15, 0.2) is 54.7 Å². The van der Waals surface area contributed by atoms with Crippen molar-refractivity contribution in [3.63, 3.8) is 0 Å². The number of para-hydroxylation sites is 1. The van der Waals surface area contributed by atoms with Crippen LogP contribution in [0.2, 0.25) is 0 Å².